The van der Waals surface area contributed by atoms with Gasteiger partial charge in [0.05, 0.1) is 25.4 Å². The van der Waals surface area contributed by atoms with Crippen molar-refractivity contribution in [2.45, 2.75) is 50.1 Å². The monoisotopic (exact) mass is 466 g/mol. The number of benzene rings is 1. The van der Waals surface area contributed by atoms with Crippen molar-refractivity contribution in [2.75, 3.05) is 19.8 Å². The van der Waals surface area contributed by atoms with Gasteiger partial charge in [-0.05, 0) is 49.5 Å². The molecule has 0 unspecified atom stereocenters. The van der Waals surface area contributed by atoms with E-state index < -0.39 is 24.0 Å². The number of halogens is 1. The predicted molar refractivity (Wildman–Crippen MR) is 120 cm³/mol. The van der Waals surface area contributed by atoms with Crippen LogP contribution in [-0.2, 0) is 14.3 Å². The molecule has 4 atom stereocenters. The van der Waals surface area contributed by atoms with Gasteiger partial charge < -0.3 is 29.5 Å². The second kappa shape index (κ2) is 11.8. The number of aliphatic carboxylic acids is 1. The molecule has 176 valence electrons. The molecule has 1 aliphatic heterocycles. The van der Waals surface area contributed by atoms with E-state index >= 15 is 0 Å². The fraction of sp³-hybridized carbons (Fsp3) is 0.542. The first kappa shape index (κ1) is 24.7. The molecule has 0 aromatic heterocycles. The summed E-state index contributed by atoms with van der Waals surface area (Å²) in [6, 6.07) is 7.07. The molecule has 1 aliphatic carbocycles. The number of hydrogen-bond acceptors (Lipinski definition) is 6. The summed E-state index contributed by atoms with van der Waals surface area (Å²) in [5, 5.41) is 30.2. The summed E-state index contributed by atoms with van der Waals surface area (Å²) in [5.41, 5.74) is 0. The smallest absolute Gasteiger partial charge is 0.303 e. The van der Waals surface area contributed by atoms with Gasteiger partial charge in [0.15, 0.2) is 0 Å². The molecule has 1 heterocycles. The largest absolute Gasteiger partial charge is 0.488 e. The molecule has 1 aromatic rings. The van der Waals surface area contributed by atoms with E-state index in [1.807, 2.05) is 18.2 Å². The molecule has 1 saturated carbocycles. The van der Waals surface area contributed by atoms with Crippen LogP contribution in [0.1, 0.15) is 32.1 Å². The van der Waals surface area contributed by atoms with E-state index in [1.54, 1.807) is 30.3 Å². The third kappa shape index (κ3) is 7.05. The van der Waals surface area contributed by atoms with Gasteiger partial charge in [-0.15, -0.1) is 0 Å². The van der Waals surface area contributed by atoms with E-state index in [-0.39, 0.29) is 24.9 Å². The summed E-state index contributed by atoms with van der Waals surface area (Å²) in [5.74, 6) is -1.67. The van der Waals surface area contributed by atoms with Crippen LogP contribution in [0.3, 0.4) is 0 Å². The van der Waals surface area contributed by atoms with Crippen molar-refractivity contribution in [2.24, 2.45) is 11.8 Å². The van der Waals surface area contributed by atoms with Crippen molar-refractivity contribution in [1.82, 2.24) is 0 Å². The Kier molecular flexibility index (Phi) is 9.13. The molecule has 1 saturated heterocycles. The number of carboxylic acid groups (broad SMARTS) is 1. The van der Waals surface area contributed by atoms with Gasteiger partial charge >= 0.3 is 5.97 Å². The van der Waals surface area contributed by atoms with Crippen LogP contribution in [0.25, 0.3) is 0 Å². The average molecular weight is 467 g/mol. The van der Waals surface area contributed by atoms with Gasteiger partial charge in [0.1, 0.15) is 12.4 Å². The summed E-state index contributed by atoms with van der Waals surface area (Å²) < 4.78 is 17.5. The van der Waals surface area contributed by atoms with Gasteiger partial charge in [-0.25, -0.2) is 0 Å². The Morgan fingerprint density at radius 2 is 2.00 bits per heavy atom. The lowest BCUT2D eigenvalue weighted by Gasteiger charge is -2.26. The lowest BCUT2D eigenvalue weighted by Crippen LogP contribution is -2.35. The molecule has 3 rings (SSSR count). The van der Waals surface area contributed by atoms with Gasteiger partial charge in [0.25, 0.3) is 0 Å². The first-order valence-electron chi connectivity index (χ1n) is 11.0. The number of aliphatic hydroxyl groups is 2. The second-order valence-corrected chi connectivity index (χ2v) is 8.66. The molecular weight excluding hydrogens is 436 g/mol. The summed E-state index contributed by atoms with van der Waals surface area (Å²) in [4.78, 5) is 10.6. The Labute approximate surface area is 193 Å². The highest BCUT2D eigenvalue weighted by Gasteiger charge is 2.41. The number of carboxylic acids is 1. The van der Waals surface area contributed by atoms with Crippen LogP contribution in [0.15, 0.2) is 48.6 Å². The Bertz CT molecular complexity index is 803. The van der Waals surface area contributed by atoms with Gasteiger partial charge in [-0.1, -0.05) is 35.9 Å². The van der Waals surface area contributed by atoms with Crippen molar-refractivity contribution in [3.63, 3.8) is 0 Å². The predicted octanol–water partition coefficient (Wildman–Crippen LogP) is 3.58. The van der Waals surface area contributed by atoms with E-state index in [1.165, 1.54) is 0 Å². The van der Waals surface area contributed by atoms with Gasteiger partial charge in [-0.3, -0.25) is 4.79 Å². The number of hydrogen-bond donors (Lipinski definition) is 3. The fourth-order valence-electron chi connectivity index (χ4n) is 4.15. The van der Waals surface area contributed by atoms with Crippen LogP contribution in [0.4, 0.5) is 0 Å². The third-order valence-corrected chi connectivity index (χ3v) is 6.07. The van der Waals surface area contributed by atoms with E-state index in [0.717, 1.165) is 0 Å². The maximum atomic E-state index is 10.6. The number of aliphatic hydroxyl groups excluding tert-OH is 2. The minimum atomic E-state index is -1.06. The van der Waals surface area contributed by atoms with Crippen LogP contribution >= 0.6 is 11.6 Å². The molecule has 7 nitrogen and oxygen atoms in total. The molecule has 0 bridgehead atoms. The summed E-state index contributed by atoms with van der Waals surface area (Å²) >= 11 is 6.01. The molecule has 32 heavy (non-hydrogen) atoms. The van der Waals surface area contributed by atoms with Crippen LogP contribution in [0, 0.1) is 11.8 Å². The minimum Gasteiger partial charge on any atom is -0.488 e. The highest BCUT2D eigenvalue weighted by Crippen LogP contribution is 2.37. The summed E-state index contributed by atoms with van der Waals surface area (Å²) in [7, 11) is 0. The van der Waals surface area contributed by atoms with Gasteiger partial charge in [0, 0.05) is 23.8 Å². The third-order valence-electron chi connectivity index (χ3n) is 5.84. The van der Waals surface area contributed by atoms with Gasteiger partial charge in [-0.2, -0.15) is 0 Å². The van der Waals surface area contributed by atoms with E-state index in [9.17, 15) is 15.0 Å². The first-order chi connectivity index (χ1) is 15.4. The molecule has 1 aromatic carbocycles. The molecule has 8 heteroatoms. The number of carbonyl (C=O) groups is 1. The fourth-order valence-corrected chi connectivity index (χ4v) is 4.33. The lowest BCUT2D eigenvalue weighted by molar-refractivity contribution is -0.139. The Morgan fingerprint density at radius 1 is 1.22 bits per heavy atom. The highest BCUT2D eigenvalue weighted by atomic mass is 35.5. The molecule has 0 amide bonds. The van der Waals surface area contributed by atoms with Crippen molar-refractivity contribution in [3.8, 4) is 5.75 Å². The Hall–Kier alpha value is -1.90. The molecule has 2 aliphatic rings. The molecular formula is C24H31ClO7. The van der Waals surface area contributed by atoms with Crippen molar-refractivity contribution >= 4 is 17.6 Å². The molecule has 0 radical (unpaired) electrons. The second-order valence-electron chi connectivity index (χ2n) is 8.22. The average Bonchev–Trinajstić information content (AvgIpc) is 3.32. The zero-order valence-electron chi connectivity index (χ0n) is 17.9. The zero-order valence-corrected chi connectivity index (χ0v) is 18.7. The van der Waals surface area contributed by atoms with E-state index in [2.05, 4.69) is 0 Å². The SMILES string of the molecule is O=C(O)CCC/C=C\C[C@@H]1[C@@H](/C=C/C2(COc3cccc(Cl)c3)OCCO2)[C@H](O)C[C@H]1O. The topological polar surface area (TPSA) is 105 Å². The van der Waals surface area contributed by atoms with Crippen molar-refractivity contribution in [1.29, 1.82) is 0 Å². The quantitative estimate of drug-likeness (QED) is 0.338. The number of allylic oxidation sites excluding steroid dienone is 2. The maximum absolute atomic E-state index is 10.6. The number of rotatable bonds is 11. The normalized spacial score (nSPS) is 27.5. The first-order valence-corrected chi connectivity index (χ1v) is 11.3. The van der Waals surface area contributed by atoms with Crippen molar-refractivity contribution < 1.29 is 34.3 Å². The molecule has 3 N–H and O–H groups in total. The lowest BCUT2D eigenvalue weighted by atomic mass is 9.89. The van der Waals surface area contributed by atoms with Crippen molar-refractivity contribution in [3.05, 3.63) is 53.6 Å². The molecule has 0 spiro atoms. The Balaban J connectivity index is 1.61. The number of unbranched alkanes of at least 4 members (excludes halogenated alkanes) is 1. The van der Waals surface area contributed by atoms with Gasteiger partial charge in [0.2, 0.25) is 5.79 Å². The summed E-state index contributed by atoms with van der Waals surface area (Å²) in [6.07, 6.45) is 8.52. The van der Waals surface area contributed by atoms with Crippen LogP contribution in [0.2, 0.25) is 5.02 Å². The Morgan fingerprint density at radius 3 is 2.72 bits per heavy atom. The molecule has 2 fully saturated rings. The maximum Gasteiger partial charge on any atom is 0.303 e. The standard InChI is InChI=1S/C24H31ClO7/c25-17-6-5-7-18(14-17)30-16-24(31-12-13-32-24)11-10-20-19(21(26)15-22(20)27)8-3-1-2-4-9-23(28)29/h1,3,5-7,10-11,14,19-22,26-27H,2,4,8-9,12-13,15-16H2,(H,28,29)/b3-1-,11-10+/t19-,20-,21-,22-/m1/s1. The zero-order chi connectivity index (χ0) is 23.0. The summed E-state index contributed by atoms with van der Waals surface area (Å²) in [6.45, 7) is 0.993. The minimum absolute atomic E-state index is 0.128. The highest BCUT2D eigenvalue weighted by molar-refractivity contribution is 6.30. The number of ether oxygens (including phenoxy) is 3. The van der Waals surface area contributed by atoms with Crippen LogP contribution in [-0.4, -0.2) is 59.1 Å². The van der Waals surface area contributed by atoms with E-state index in [4.69, 9.17) is 30.9 Å². The van der Waals surface area contributed by atoms with E-state index in [0.29, 0.717) is 49.7 Å². The van der Waals surface area contributed by atoms with Crippen LogP contribution < -0.4 is 4.74 Å². The van der Waals surface area contributed by atoms with Crippen LogP contribution in [0.5, 0.6) is 5.75 Å².